The Balaban J connectivity index is 1.86. The molecule has 1 aliphatic heterocycles. The smallest absolute Gasteiger partial charge is 0.208 e. The number of imidazole rings is 1. The molecule has 23 heavy (non-hydrogen) atoms. The number of aliphatic hydroxyl groups is 2. The van der Waals surface area contributed by atoms with Crippen molar-refractivity contribution in [1.82, 2.24) is 24.2 Å². The normalized spacial score (nSPS) is 28.5. The van der Waals surface area contributed by atoms with Crippen LogP contribution in [-0.2, 0) is 14.8 Å². The number of nitrogen functional groups attached to an aromatic ring is 1. The summed E-state index contributed by atoms with van der Waals surface area (Å²) in [6.45, 7) is -0.169. The van der Waals surface area contributed by atoms with E-state index in [2.05, 4.69) is 19.7 Å². The fraction of sp³-hybridized carbons (Fsp3) is 0.545. The lowest BCUT2D eigenvalue weighted by molar-refractivity contribution is -0.0330. The highest BCUT2D eigenvalue weighted by atomic mass is 32.2. The second-order valence-corrected chi connectivity index (χ2v) is 7.08. The number of hydrogen-bond acceptors (Lipinski definition) is 9. The van der Waals surface area contributed by atoms with Crippen LogP contribution in [-0.4, -0.2) is 69.3 Å². The highest BCUT2D eigenvalue weighted by Gasteiger charge is 2.44. The maximum absolute atomic E-state index is 11.1. The number of nitrogens with two attached hydrogens (primary N) is 1. The molecule has 0 bridgehead atoms. The Kier molecular flexibility index (Phi) is 3.93. The van der Waals surface area contributed by atoms with E-state index in [1.165, 1.54) is 17.2 Å². The van der Waals surface area contributed by atoms with Gasteiger partial charge in [-0.2, -0.15) is 0 Å². The number of fused-ring (bicyclic) bond motifs is 1. The zero-order valence-electron chi connectivity index (χ0n) is 12.1. The summed E-state index contributed by atoms with van der Waals surface area (Å²) in [6.07, 6.45) is -0.845. The van der Waals surface area contributed by atoms with E-state index in [0.717, 1.165) is 6.26 Å². The topological polar surface area (TPSA) is 165 Å². The summed E-state index contributed by atoms with van der Waals surface area (Å²) < 4.78 is 31.5. The van der Waals surface area contributed by atoms with Crippen LogP contribution in [0.25, 0.3) is 11.2 Å². The molecule has 0 aliphatic carbocycles. The number of aromatic nitrogens is 4. The predicted molar refractivity (Wildman–Crippen MR) is 78.5 cm³/mol. The van der Waals surface area contributed by atoms with Gasteiger partial charge < -0.3 is 20.7 Å². The summed E-state index contributed by atoms with van der Waals surface area (Å²) in [6, 6.07) is 0. The molecule has 0 unspecified atom stereocenters. The van der Waals surface area contributed by atoms with Gasteiger partial charge in [-0.05, 0) is 0 Å². The quantitative estimate of drug-likeness (QED) is 0.472. The van der Waals surface area contributed by atoms with Crippen LogP contribution in [0.3, 0.4) is 0 Å². The van der Waals surface area contributed by atoms with Crippen LogP contribution in [0.5, 0.6) is 0 Å². The number of nitrogens with one attached hydrogen (secondary N) is 1. The highest BCUT2D eigenvalue weighted by molar-refractivity contribution is 7.88. The molecule has 11 nitrogen and oxygen atoms in total. The van der Waals surface area contributed by atoms with Gasteiger partial charge in [0, 0.05) is 6.54 Å². The van der Waals surface area contributed by atoms with Gasteiger partial charge in [0.05, 0.1) is 12.6 Å². The number of hydrogen-bond donors (Lipinski definition) is 4. The van der Waals surface area contributed by atoms with Gasteiger partial charge in [0.25, 0.3) is 0 Å². The van der Waals surface area contributed by atoms with Gasteiger partial charge in [-0.3, -0.25) is 4.57 Å². The van der Waals surface area contributed by atoms with E-state index in [-0.39, 0.29) is 12.4 Å². The summed E-state index contributed by atoms with van der Waals surface area (Å²) in [7, 11) is -3.44. The van der Waals surface area contributed by atoms with Crippen molar-refractivity contribution in [3.63, 3.8) is 0 Å². The van der Waals surface area contributed by atoms with Crippen molar-refractivity contribution in [2.45, 2.75) is 24.5 Å². The van der Waals surface area contributed by atoms with Crippen LogP contribution in [0.2, 0.25) is 0 Å². The lowest BCUT2D eigenvalue weighted by Crippen LogP contribution is -2.39. The van der Waals surface area contributed by atoms with E-state index in [9.17, 15) is 18.6 Å². The van der Waals surface area contributed by atoms with Crippen molar-refractivity contribution in [3.8, 4) is 0 Å². The monoisotopic (exact) mass is 344 g/mol. The van der Waals surface area contributed by atoms with Gasteiger partial charge in [-0.15, -0.1) is 0 Å². The molecule has 5 N–H and O–H groups in total. The first kappa shape index (κ1) is 16.0. The molecular weight excluding hydrogens is 328 g/mol. The van der Waals surface area contributed by atoms with Gasteiger partial charge in [0.15, 0.2) is 17.7 Å². The third-order valence-electron chi connectivity index (χ3n) is 3.55. The van der Waals surface area contributed by atoms with Crippen LogP contribution < -0.4 is 10.5 Å². The first-order chi connectivity index (χ1) is 10.8. The summed E-state index contributed by atoms with van der Waals surface area (Å²) in [4.78, 5) is 11.9. The molecular formula is C11H16N6O5S. The van der Waals surface area contributed by atoms with Gasteiger partial charge in [-0.25, -0.2) is 28.1 Å². The second kappa shape index (κ2) is 5.65. The second-order valence-electron chi connectivity index (χ2n) is 5.25. The summed E-state index contributed by atoms with van der Waals surface area (Å²) in [5.74, 6) is 0.178. The molecule has 0 amide bonds. The molecule has 0 aromatic carbocycles. The van der Waals surface area contributed by atoms with Crippen LogP contribution >= 0.6 is 0 Å². The third-order valence-corrected chi connectivity index (χ3v) is 4.24. The summed E-state index contributed by atoms with van der Waals surface area (Å²) >= 11 is 0. The number of anilines is 1. The minimum atomic E-state index is -3.44. The van der Waals surface area contributed by atoms with E-state index in [0.29, 0.717) is 11.2 Å². The van der Waals surface area contributed by atoms with Crippen molar-refractivity contribution in [3.05, 3.63) is 12.7 Å². The fourth-order valence-electron chi connectivity index (χ4n) is 2.42. The van der Waals surface area contributed by atoms with Gasteiger partial charge in [0.2, 0.25) is 10.0 Å². The average molecular weight is 344 g/mol. The molecule has 12 heteroatoms. The van der Waals surface area contributed by atoms with E-state index in [1.807, 2.05) is 0 Å². The molecule has 1 saturated heterocycles. The predicted octanol–water partition coefficient (Wildman–Crippen LogP) is -2.42. The first-order valence-electron chi connectivity index (χ1n) is 6.67. The van der Waals surface area contributed by atoms with Crippen molar-refractivity contribution >= 4 is 27.0 Å². The number of aliphatic hydroxyl groups excluding tert-OH is 2. The van der Waals surface area contributed by atoms with Crippen LogP contribution in [0.1, 0.15) is 6.23 Å². The number of sulfonamides is 1. The lowest BCUT2D eigenvalue weighted by Gasteiger charge is -2.16. The fourth-order valence-corrected chi connectivity index (χ4v) is 2.88. The largest absolute Gasteiger partial charge is 0.387 e. The van der Waals surface area contributed by atoms with Crippen LogP contribution in [0, 0.1) is 0 Å². The van der Waals surface area contributed by atoms with E-state index >= 15 is 0 Å². The Morgan fingerprint density at radius 2 is 2.09 bits per heavy atom. The van der Waals surface area contributed by atoms with E-state index in [1.54, 1.807) is 0 Å². The molecule has 1 aliphatic rings. The Labute approximate surface area is 131 Å². The SMILES string of the molecule is CS(=O)(=O)NC[C@@H]1O[C@@H](n2cnc3c(N)ncnc32)[C@@H](O)[C@@H]1O. The van der Waals surface area contributed by atoms with Crippen LogP contribution in [0.15, 0.2) is 12.7 Å². The molecule has 0 spiro atoms. The Hall–Kier alpha value is -1.86. The van der Waals surface area contributed by atoms with Crippen molar-refractivity contribution < 1.29 is 23.4 Å². The average Bonchev–Trinajstić information content (AvgIpc) is 3.01. The molecule has 1 fully saturated rings. The number of nitrogens with zero attached hydrogens (tertiary/aromatic N) is 4. The molecule has 4 atom stereocenters. The molecule has 0 saturated carbocycles. The van der Waals surface area contributed by atoms with Crippen molar-refractivity contribution in [2.24, 2.45) is 0 Å². The maximum atomic E-state index is 11.1. The molecule has 0 radical (unpaired) electrons. The minimum Gasteiger partial charge on any atom is -0.387 e. The minimum absolute atomic E-state index is 0.169. The molecule has 2 aromatic heterocycles. The van der Waals surface area contributed by atoms with E-state index in [4.69, 9.17) is 10.5 Å². The van der Waals surface area contributed by atoms with E-state index < -0.39 is 34.6 Å². The lowest BCUT2D eigenvalue weighted by atomic mass is 10.1. The zero-order chi connectivity index (χ0) is 16.8. The Morgan fingerprint density at radius 1 is 1.35 bits per heavy atom. The first-order valence-corrected chi connectivity index (χ1v) is 8.56. The molecule has 3 rings (SSSR count). The molecule has 3 heterocycles. The van der Waals surface area contributed by atoms with Crippen LogP contribution in [0.4, 0.5) is 5.82 Å². The summed E-state index contributed by atoms with van der Waals surface area (Å²) in [5.41, 5.74) is 6.38. The molecule has 126 valence electrons. The van der Waals surface area contributed by atoms with Gasteiger partial charge in [-0.1, -0.05) is 0 Å². The number of ether oxygens (including phenoxy) is 1. The van der Waals surface area contributed by atoms with Gasteiger partial charge in [0.1, 0.15) is 30.2 Å². The van der Waals surface area contributed by atoms with Crippen molar-refractivity contribution in [2.75, 3.05) is 18.5 Å². The van der Waals surface area contributed by atoms with Crippen molar-refractivity contribution in [1.29, 1.82) is 0 Å². The Morgan fingerprint density at radius 3 is 2.78 bits per heavy atom. The van der Waals surface area contributed by atoms with Gasteiger partial charge >= 0.3 is 0 Å². The third kappa shape index (κ3) is 2.98. The zero-order valence-corrected chi connectivity index (χ0v) is 12.9. The highest BCUT2D eigenvalue weighted by Crippen LogP contribution is 2.31. The standard InChI is InChI=1S/C11H16N6O5S/c1-23(20,21)16-2-5-7(18)8(19)11(22-5)17-4-15-6-9(12)13-3-14-10(6)17/h3-5,7-8,11,16,18-19H,2H2,1H3,(H2,12,13,14)/t5-,7+,8-,11+/m0/s1. The summed E-state index contributed by atoms with van der Waals surface area (Å²) in [5, 5.41) is 20.2. The Bertz CT molecular complexity index is 823. The number of rotatable bonds is 4. The maximum Gasteiger partial charge on any atom is 0.208 e. The molecule has 2 aromatic rings.